The quantitative estimate of drug-likeness (QED) is 0.665. The van der Waals surface area contributed by atoms with Gasteiger partial charge in [-0.15, -0.1) is 0 Å². The second-order valence-corrected chi connectivity index (χ2v) is 5.89. The Hall–Kier alpha value is -2.49. The number of likely N-dealkylation sites (N-methyl/N-ethyl adjacent to an activating group) is 1. The Morgan fingerprint density at radius 2 is 1.80 bits per heavy atom. The summed E-state index contributed by atoms with van der Waals surface area (Å²) >= 11 is 0. The van der Waals surface area contributed by atoms with Gasteiger partial charge in [-0.2, -0.15) is 0 Å². The van der Waals surface area contributed by atoms with Crippen molar-refractivity contribution in [3.8, 4) is 5.75 Å². The van der Waals surface area contributed by atoms with E-state index in [1.165, 1.54) is 5.56 Å². The summed E-state index contributed by atoms with van der Waals surface area (Å²) in [6, 6.07) is 18.2. The van der Waals surface area contributed by atoms with E-state index >= 15 is 0 Å². The van der Waals surface area contributed by atoms with Gasteiger partial charge in [-0.1, -0.05) is 36.4 Å². The SMILES string of the molecule is CCN(CC)C(=O)CNc1cccc(OCCCc2ccccc2)c1. The fourth-order valence-corrected chi connectivity index (χ4v) is 2.67. The summed E-state index contributed by atoms with van der Waals surface area (Å²) in [6.45, 7) is 6.44. The molecule has 0 fully saturated rings. The number of nitrogens with one attached hydrogen (secondary N) is 1. The Balaban J connectivity index is 1.75. The van der Waals surface area contributed by atoms with Crippen molar-refractivity contribution in [1.29, 1.82) is 0 Å². The fraction of sp³-hybridized carbons (Fsp3) is 0.381. The van der Waals surface area contributed by atoms with E-state index in [1.807, 2.05) is 49.1 Å². The molecule has 1 N–H and O–H groups in total. The van der Waals surface area contributed by atoms with Crippen LogP contribution in [0.25, 0.3) is 0 Å². The summed E-state index contributed by atoms with van der Waals surface area (Å²) in [7, 11) is 0. The molecule has 0 spiro atoms. The molecule has 0 aromatic heterocycles. The lowest BCUT2D eigenvalue weighted by atomic mass is 10.1. The summed E-state index contributed by atoms with van der Waals surface area (Å²) in [4.78, 5) is 13.9. The van der Waals surface area contributed by atoms with Crippen molar-refractivity contribution in [3.05, 3.63) is 60.2 Å². The molecule has 0 aliphatic heterocycles. The summed E-state index contributed by atoms with van der Waals surface area (Å²) in [6.07, 6.45) is 1.99. The second kappa shape index (κ2) is 10.4. The zero-order valence-corrected chi connectivity index (χ0v) is 15.2. The molecule has 2 aromatic rings. The lowest BCUT2D eigenvalue weighted by molar-refractivity contribution is -0.128. The van der Waals surface area contributed by atoms with Crippen LogP contribution < -0.4 is 10.1 Å². The van der Waals surface area contributed by atoms with Crippen LogP contribution in [0.4, 0.5) is 5.69 Å². The van der Waals surface area contributed by atoms with Gasteiger partial charge in [0, 0.05) is 24.8 Å². The first kappa shape index (κ1) is 18.8. The topological polar surface area (TPSA) is 41.6 Å². The summed E-state index contributed by atoms with van der Waals surface area (Å²) in [5.74, 6) is 0.938. The highest BCUT2D eigenvalue weighted by Crippen LogP contribution is 2.17. The largest absolute Gasteiger partial charge is 0.494 e. The molecule has 25 heavy (non-hydrogen) atoms. The van der Waals surface area contributed by atoms with Gasteiger partial charge >= 0.3 is 0 Å². The molecule has 134 valence electrons. The molecule has 0 unspecified atom stereocenters. The molecule has 0 aliphatic carbocycles. The Kier molecular flexibility index (Phi) is 7.83. The molecule has 0 radical (unpaired) electrons. The van der Waals surface area contributed by atoms with Crippen LogP contribution in [0.1, 0.15) is 25.8 Å². The third-order valence-electron chi connectivity index (χ3n) is 4.12. The number of aryl methyl sites for hydroxylation is 1. The first-order valence-corrected chi connectivity index (χ1v) is 9.01. The maximum atomic E-state index is 12.0. The van der Waals surface area contributed by atoms with Crippen LogP contribution in [0.5, 0.6) is 5.75 Å². The van der Waals surface area contributed by atoms with Crippen LogP contribution in [0.3, 0.4) is 0 Å². The summed E-state index contributed by atoms with van der Waals surface area (Å²) in [5, 5.41) is 3.18. The number of carbonyl (C=O) groups is 1. The van der Waals surface area contributed by atoms with E-state index in [2.05, 4.69) is 29.6 Å². The number of benzene rings is 2. The molecule has 0 saturated carbocycles. The zero-order chi connectivity index (χ0) is 17.9. The molecule has 1 amide bonds. The van der Waals surface area contributed by atoms with Gasteiger partial charge in [-0.3, -0.25) is 4.79 Å². The van der Waals surface area contributed by atoms with Crippen molar-refractivity contribution < 1.29 is 9.53 Å². The minimum atomic E-state index is 0.110. The predicted molar refractivity (Wildman–Crippen MR) is 103 cm³/mol. The minimum Gasteiger partial charge on any atom is -0.494 e. The van der Waals surface area contributed by atoms with Crippen molar-refractivity contribution in [2.45, 2.75) is 26.7 Å². The van der Waals surface area contributed by atoms with E-state index in [0.29, 0.717) is 13.2 Å². The van der Waals surface area contributed by atoms with Crippen molar-refractivity contribution in [2.24, 2.45) is 0 Å². The highest BCUT2D eigenvalue weighted by Gasteiger charge is 2.08. The van der Waals surface area contributed by atoms with Crippen LogP contribution in [-0.2, 0) is 11.2 Å². The Bertz CT molecular complexity index is 639. The van der Waals surface area contributed by atoms with Crippen molar-refractivity contribution in [3.63, 3.8) is 0 Å². The highest BCUT2D eigenvalue weighted by molar-refractivity contribution is 5.80. The van der Waals surface area contributed by atoms with E-state index in [-0.39, 0.29) is 5.91 Å². The van der Waals surface area contributed by atoms with Gasteiger partial charge in [0.2, 0.25) is 5.91 Å². The maximum Gasteiger partial charge on any atom is 0.241 e. The molecule has 4 heteroatoms. The molecule has 0 saturated heterocycles. The first-order chi connectivity index (χ1) is 12.2. The van der Waals surface area contributed by atoms with Crippen molar-refractivity contribution >= 4 is 11.6 Å². The van der Waals surface area contributed by atoms with Crippen molar-refractivity contribution in [2.75, 3.05) is 31.6 Å². The number of amides is 1. The number of rotatable bonds is 10. The van der Waals surface area contributed by atoms with Crippen LogP contribution in [0.2, 0.25) is 0 Å². The number of anilines is 1. The average molecular weight is 340 g/mol. The number of hydrogen-bond acceptors (Lipinski definition) is 3. The van der Waals surface area contributed by atoms with Crippen LogP contribution >= 0.6 is 0 Å². The van der Waals surface area contributed by atoms with Gasteiger partial charge in [0.15, 0.2) is 0 Å². The third-order valence-corrected chi connectivity index (χ3v) is 4.12. The summed E-state index contributed by atoms with van der Waals surface area (Å²) < 4.78 is 5.83. The first-order valence-electron chi connectivity index (χ1n) is 9.01. The van der Waals surface area contributed by atoms with E-state index < -0.39 is 0 Å². The van der Waals surface area contributed by atoms with Crippen LogP contribution in [0.15, 0.2) is 54.6 Å². The van der Waals surface area contributed by atoms with Gasteiger partial charge in [0.05, 0.1) is 13.2 Å². The number of nitrogens with zero attached hydrogens (tertiary/aromatic N) is 1. The molecule has 2 aromatic carbocycles. The molecular formula is C21H28N2O2. The van der Waals surface area contributed by atoms with Crippen LogP contribution in [0, 0.1) is 0 Å². The zero-order valence-electron chi connectivity index (χ0n) is 15.2. The number of hydrogen-bond donors (Lipinski definition) is 1. The smallest absolute Gasteiger partial charge is 0.241 e. The summed E-state index contributed by atoms with van der Waals surface area (Å²) in [5.41, 5.74) is 2.23. The predicted octanol–water partition coefficient (Wildman–Crippen LogP) is 3.98. The molecule has 4 nitrogen and oxygen atoms in total. The molecule has 0 heterocycles. The Morgan fingerprint density at radius 1 is 1.04 bits per heavy atom. The van der Waals surface area contributed by atoms with Gasteiger partial charge in [0.1, 0.15) is 5.75 Å². The minimum absolute atomic E-state index is 0.110. The van der Waals surface area contributed by atoms with E-state index in [0.717, 1.165) is 37.4 Å². The lowest BCUT2D eigenvalue weighted by Gasteiger charge is -2.19. The maximum absolute atomic E-state index is 12.0. The number of carbonyl (C=O) groups excluding carboxylic acids is 1. The molecule has 0 bridgehead atoms. The van der Waals surface area contributed by atoms with E-state index in [1.54, 1.807) is 0 Å². The average Bonchev–Trinajstić information content (AvgIpc) is 2.66. The Morgan fingerprint density at radius 3 is 2.52 bits per heavy atom. The fourth-order valence-electron chi connectivity index (χ4n) is 2.67. The third kappa shape index (κ3) is 6.49. The van der Waals surface area contributed by atoms with Gasteiger partial charge in [-0.25, -0.2) is 0 Å². The lowest BCUT2D eigenvalue weighted by Crippen LogP contribution is -2.35. The standard InChI is InChI=1S/C21H28N2O2/c1-3-23(4-2)21(24)17-22-19-13-8-14-20(16-19)25-15-9-12-18-10-6-5-7-11-18/h5-8,10-11,13-14,16,22H,3-4,9,12,15,17H2,1-2H3. The van der Waals surface area contributed by atoms with Gasteiger partial charge in [-0.05, 0) is 44.4 Å². The molecular weight excluding hydrogens is 312 g/mol. The molecule has 2 rings (SSSR count). The van der Waals surface area contributed by atoms with Crippen LogP contribution in [-0.4, -0.2) is 37.0 Å². The number of ether oxygens (including phenoxy) is 1. The van der Waals surface area contributed by atoms with E-state index in [9.17, 15) is 4.79 Å². The normalized spacial score (nSPS) is 10.3. The van der Waals surface area contributed by atoms with Crippen molar-refractivity contribution in [1.82, 2.24) is 4.90 Å². The monoisotopic (exact) mass is 340 g/mol. The van der Waals surface area contributed by atoms with E-state index in [4.69, 9.17) is 4.74 Å². The highest BCUT2D eigenvalue weighted by atomic mass is 16.5. The molecule has 0 atom stereocenters. The Labute approximate surface area is 150 Å². The van der Waals surface area contributed by atoms with Gasteiger partial charge in [0.25, 0.3) is 0 Å². The van der Waals surface area contributed by atoms with Gasteiger partial charge < -0.3 is 15.0 Å². The second-order valence-electron chi connectivity index (χ2n) is 5.89. The molecule has 0 aliphatic rings.